The molecule has 0 radical (unpaired) electrons. The van der Waals surface area contributed by atoms with E-state index in [1.807, 2.05) is 0 Å². The van der Waals surface area contributed by atoms with Crippen molar-refractivity contribution in [2.75, 3.05) is 32.7 Å². The van der Waals surface area contributed by atoms with Gasteiger partial charge in [-0.15, -0.1) is 5.10 Å². The minimum atomic E-state index is 0.317. The van der Waals surface area contributed by atoms with Gasteiger partial charge in [-0.05, 0) is 61.5 Å². The van der Waals surface area contributed by atoms with Crippen molar-refractivity contribution in [2.45, 2.75) is 58.9 Å². The summed E-state index contributed by atoms with van der Waals surface area (Å²) >= 11 is 0. The predicted molar refractivity (Wildman–Crippen MR) is 95.8 cm³/mol. The molecule has 1 spiro atoms. The lowest BCUT2D eigenvalue weighted by Crippen LogP contribution is -2.54. The van der Waals surface area contributed by atoms with Crippen LogP contribution in [0.15, 0.2) is 6.33 Å². The summed E-state index contributed by atoms with van der Waals surface area (Å²) in [4.78, 5) is 17.0. The third-order valence-electron chi connectivity index (χ3n) is 5.72. The minimum Gasteiger partial charge on any atom is -0.342 e. The molecule has 1 amide bonds. The quantitative estimate of drug-likeness (QED) is 0.752. The van der Waals surface area contributed by atoms with Crippen LogP contribution in [0.5, 0.6) is 0 Å². The summed E-state index contributed by atoms with van der Waals surface area (Å²) in [5.41, 5.74) is 0.317. The number of piperidine rings is 2. The van der Waals surface area contributed by atoms with Crippen LogP contribution in [0.2, 0.25) is 0 Å². The summed E-state index contributed by atoms with van der Waals surface area (Å²) < 4.78 is 1.80. The number of hydrogen-bond donors (Lipinski definition) is 0. The van der Waals surface area contributed by atoms with Crippen molar-refractivity contribution < 1.29 is 4.79 Å². The third kappa shape index (κ3) is 5.00. The number of aryl methyl sites for hydroxylation is 1. The number of amides is 1. The highest BCUT2D eigenvalue weighted by molar-refractivity contribution is 5.77. The Morgan fingerprint density at radius 1 is 1.20 bits per heavy atom. The monoisotopic (exact) mass is 348 g/mol. The molecule has 0 N–H and O–H groups in total. The normalized spacial score (nSPS) is 25.2. The van der Waals surface area contributed by atoms with Crippen LogP contribution in [-0.2, 0) is 11.3 Å². The van der Waals surface area contributed by atoms with Crippen LogP contribution in [-0.4, -0.2) is 68.6 Å². The van der Waals surface area contributed by atoms with E-state index in [0.717, 1.165) is 58.4 Å². The van der Waals surface area contributed by atoms with Crippen LogP contribution in [0.3, 0.4) is 0 Å². The maximum absolute atomic E-state index is 12.3. The van der Waals surface area contributed by atoms with Crippen LogP contribution >= 0.6 is 0 Å². The molecule has 1 aromatic heterocycles. The van der Waals surface area contributed by atoms with Gasteiger partial charge in [-0.1, -0.05) is 13.8 Å². The molecule has 25 heavy (non-hydrogen) atoms. The number of carbonyl (C=O) groups is 1. The molecule has 2 aliphatic heterocycles. The molecule has 3 rings (SSSR count). The molecule has 1 aromatic rings. The predicted octanol–water partition coefficient (Wildman–Crippen LogP) is 1.81. The van der Waals surface area contributed by atoms with Crippen LogP contribution < -0.4 is 0 Å². The van der Waals surface area contributed by atoms with Gasteiger partial charge in [0.05, 0.1) is 0 Å². The summed E-state index contributed by atoms with van der Waals surface area (Å²) in [7, 11) is 0. The van der Waals surface area contributed by atoms with Crippen LogP contribution in [0.25, 0.3) is 0 Å². The minimum absolute atomic E-state index is 0.317. The first-order valence-corrected chi connectivity index (χ1v) is 9.77. The van der Waals surface area contributed by atoms with E-state index in [9.17, 15) is 4.79 Å². The van der Waals surface area contributed by atoms with Gasteiger partial charge in [-0.25, -0.2) is 4.68 Å². The standard InChI is InChI=1S/C18H32N6O/c1-16(2)6-12-23-14-18(8-5-17(23)25)7-3-9-22(13-18)10-4-11-24-15-19-20-21-24/h15-16H,3-14H2,1-2H3. The van der Waals surface area contributed by atoms with E-state index in [4.69, 9.17) is 0 Å². The van der Waals surface area contributed by atoms with E-state index in [2.05, 4.69) is 39.2 Å². The van der Waals surface area contributed by atoms with Gasteiger partial charge in [0.1, 0.15) is 6.33 Å². The molecule has 1 unspecified atom stereocenters. The maximum atomic E-state index is 12.3. The van der Waals surface area contributed by atoms with Gasteiger partial charge in [-0.3, -0.25) is 4.79 Å². The van der Waals surface area contributed by atoms with E-state index in [-0.39, 0.29) is 0 Å². The van der Waals surface area contributed by atoms with E-state index >= 15 is 0 Å². The Morgan fingerprint density at radius 2 is 2.08 bits per heavy atom. The van der Waals surface area contributed by atoms with Crippen LogP contribution in [0.4, 0.5) is 0 Å². The zero-order valence-corrected chi connectivity index (χ0v) is 15.7. The Kier molecular flexibility index (Phi) is 6.04. The topological polar surface area (TPSA) is 67.2 Å². The van der Waals surface area contributed by atoms with Gasteiger partial charge >= 0.3 is 0 Å². The SMILES string of the molecule is CC(C)CCN1CC2(CCCN(CCCn3cnnn3)C2)CCC1=O. The molecular weight excluding hydrogens is 316 g/mol. The molecule has 1 atom stereocenters. The highest BCUT2D eigenvalue weighted by Crippen LogP contribution is 2.39. The van der Waals surface area contributed by atoms with Crippen molar-refractivity contribution in [2.24, 2.45) is 11.3 Å². The zero-order valence-electron chi connectivity index (χ0n) is 15.7. The van der Waals surface area contributed by atoms with Gasteiger partial charge in [-0.2, -0.15) is 0 Å². The number of hydrogen-bond acceptors (Lipinski definition) is 5. The number of likely N-dealkylation sites (tertiary alicyclic amines) is 2. The van der Waals surface area contributed by atoms with Crippen molar-refractivity contribution in [1.82, 2.24) is 30.0 Å². The fourth-order valence-electron chi connectivity index (χ4n) is 4.29. The first-order valence-electron chi connectivity index (χ1n) is 9.77. The molecule has 0 aromatic carbocycles. The Balaban J connectivity index is 1.51. The maximum Gasteiger partial charge on any atom is 0.222 e. The molecule has 7 heteroatoms. The average Bonchev–Trinajstić information content (AvgIpc) is 3.10. The molecule has 0 saturated carbocycles. The zero-order chi connectivity index (χ0) is 17.7. The van der Waals surface area contributed by atoms with Gasteiger partial charge in [0.25, 0.3) is 0 Å². The van der Waals surface area contributed by atoms with E-state index in [0.29, 0.717) is 17.2 Å². The lowest BCUT2D eigenvalue weighted by Gasteiger charge is -2.48. The summed E-state index contributed by atoms with van der Waals surface area (Å²) in [5, 5.41) is 11.3. The largest absolute Gasteiger partial charge is 0.342 e. The second-order valence-corrected chi connectivity index (χ2v) is 8.30. The van der Waals surface area contributed by atoms with Crippen molar-refractivity contribution in [3.8, 4) is 0 Å². The highest BCUT2D eigenvalue weighted by Gasteiger charge is 2.41. The lowest BCUT2D eigenvalue weighted by atomic mass is 9.73. The Bertz CT molecular complexity index is 546. The van der Waals surface area contributed by atoms with Gasteiger partial charge in [0.15, 0.2) is 0 Å². The van der Waals surface area contributed by atoms with E-state index < -0.39 is 0 Å². The number of nitrogens with zero attached hydrogens (tertiary/aromatic N) is 6. The number of aromatic nitrogens is 4. The average molecular weight is 348 g/mol. The van der Waals surface area contributed by atoms with Gasteiger partial charge in [0, 0.05) is 38.0 Å². The lowest BCUT2D eigenvalue weighted by molar-refractivity contribution is -0.139. The van der Waals surface area contributed by atoms with Crippen molar-refractivity contribution in [3.05, 3.63) is 6.33 Å². The summed E-state index contributed by atoms with van der Waals surface area (Å²) in [6, 6.07) is 0. The Morgan fingerprint density at radius 3 is 2.84 bits per heavy atom. The highest BCUT2D eigenvalue weighted by atomic mass is 16.2. The fraction of sp³-hybridized carbons (Fsp3) is 0.889. The number of tetrazole rings is 1. The molecule has 3 heterocycles. The number of rotatable bonds is 7. The molecule has 2 aliphatic rings. The first-order chi connectivity index (χ1) is 12.1. The molecule has 2 saturated heterocycles. The first kappa shape index (κ1) is 18.3. The van der Waals surface area contributed by atoms with Crippen LogP contribution in [0, 0.1) is 11.3 Å². The third-order valence-corrected chi connectivity index (χ3v) is 5.72. The molecule has 7 nitrogen and oxygen atoms in total. The smallest absolute Gasteiger partial charge is 0.222 e. The van der Waals surface area contributed by atoms with Gasteiger partial charge < -0.3 is 9.80 Å². The Hall–Kier alpha value is -1.50. The van der Waals surface area contributed by atoms with E-state index in [1.54, 1.807) is 11.0 Å². The van der Waals surface area contributed by atoms with Crippen LogP contribution in [0.1, 0.15) is 52.4 Å². The van der Waals surface area contributed by atoms with E-state index in [1.165, 1.54) is 19.4 Å². The Labute approximate surface area is 150 Å². The van der Waals surface area contributed by atoms with Crippen molar-refractivity contribution in [3.63, 3.8) is 0 Å². The van der Waals surface area contributed by atoms with Crippen molar-refractivity contribution in [1.29, 1.82) is 0 Å². The summed E-state index contributed by atoms with van der Waals surface area (Å²) in [5.74, 6) is 1.02. The molecule has 0 aliphatic carbocycles. The summed E-state index contributed by atoms with van der Waals surface area (Å²) in [6.07, 6.45) is 8.16. The molecule has 2 fully saturated rings. The fourth-order valence-corrected chi connectivity index (χ4v) is 4.29. The molecule has 0 bridgehead atoms. The van der Waals surface area contributed by atoms with Gasteiger partial charge in [0.2, 0.25) is 5.91 Å². The second-order valence-electron chi connectivity index (χ2n) is 8.30. The molecular formula is C18H32N6O. The second kappa shape index (κ2) is 8.25. The summed E-state index contributed by atoms with van der Waals surface area (Å²) in [6.45, 7) is 10.6. The molecule has 140 valence electrons. The number of carbonyl (C=O) groups excluding carboxylic acids is 1. The van der Waals surface area contributed by atoms with Crippen molar-refractivity contribution >= 4 is 5.91 Å².